The van der Waals surface area contributed by atoms with Crippen molar-refractivity contribution >= 4 is 41.3 Å². The Morgan fingerprint density at radius 2 is 1.93 bits per heavy atom. The van der Waals surface area contributed by atoms with E-state index >= 15 is 0 Å². The van der Waals surface area contributed by atoms with E-state index in [-0.39, 0.29) is 24.0 Å². The highest BCUT2D eigenvalue weighted by molar-refractivity contribution is 14.0. The van der Waals surface area contributed by atoms with Crippen molar-refractivity contribution in [1.29, 1.82) is 0 Å². The van der Waals surface area contributed by atoms with Gasteiger partial charge in [-0.15, -0.1) is 34.2 Å². The van der Waals surface area contributed by atoms with E-state index in [1.165, 1.54) is 11.3 Å². The van der Waals surface area contributed by atoms with Gasteiger partial charge in [-0.2, -0.15) is 0 Å². The van der Waals surface area contributed by atoms with E-state index in [0.29, 0.717) is 13.1 Å². The molecule has 4 rings (SSSR count). The van der Waals surface area contributed by atoms with E-state index in [4.69, 9.17) is 4.99 Å². The summed E-state index contributed by atoms with van der Waals surface area (Å²) >= 11 is 0. The van der Waals surface area contributed by atoms with Gasteiger partial charge >= 0.3 is 0 Å². The van der Waals surface area contributed by atoms with Gasteiger partial charge in [0, 0.05) is 31.5 Å². The molecule has 0 amide bonds. The molecule has 0 fully saturated rings. The van der Waals surface area contributed by atoms with Crippen LogP contribution in [0.3, 0.4) is 0 Å². The highest BCUT2D eigenvalue weighted by Crippen LogP contribution is 2.18. The van der Waals surface area contributed by atoms with Gasteiger partial charge in [-0.25, -0.2) is 4.99 Å². The predicted molar refractivity (Wildman–Crippen MR) is 128 cm³/mol. The second-order valence-electron chi connectivity index (χ2n) is 6.64. The summed E-state index contributed by atoms with van der Waals surface area (Å²) in [5, 5.41) is 15.1. The van der Waals surface area contributed by atoms with Crippen LogP contribution in [-0.2, 0) is 13.1 Å². The average molecular weight is 503 g/mol. The molecule has 2 aromatic heterocycles. The number of aromatic nitrogens is 3. The van der Waals surface area contributed by atoms with E-state index in [1.54, 1.807) is 0 Å². The van der Waals surface area contributed by atoms with Crippen molar-refractivity contribution in [3.63, 3.8) is 0 Å². The first-order valence-corrected chi connectivity index (χ1v) is 9.63. The molecule has 1 aliphatic rings. The topological polar surface area (TPSA) is 69.8 Å². The molecule has 152 valence electrons. The zero-order valence-electron chi connectivity index (χ0n) is 16.5. The third-order valence-electron chi connectivity index (χ3n) is 4.66. The van der Waals surface area contributed by atoms with Crippen molar-refractivity contribution in [1.82, 2.24) is 25.2 Å². The van der Waals surface area contributed by atoms with Gasteiger partial charge in [-0.05, 0) is 36.8 Å². The lowest BCUT2D eigenvalue weighted by atomic mass is 10.2. The van der Waals surface area contributed by atoms with Gasteiger partial charge in [0.25, 0.3) is 0 Å². The van der Waals surface area contributed by atoms with Crippen molar-refractivity contribution < 1.29 is 0 Å². The molecular formula is C21H26IN7. The molecule has 2 N–H and O–H groups in total. The molecule has 0 saturated heterocycles. The minimum absolute atomic E-state index is 0. The molecule has 3 aromatic rings. The molecule has 1 aliphatic heterocycles. The molecule has 0 radical (unpaired) electrons. The minimum Gasteiger partial charge on any atom is -0.364 e. The third kappa shape index (κ3) is 5.26. The number of halogens is 1. The Morgan fingerprint density at radius 3 is 2.76 bits per heavy atom. The van der Waals surface area contributed by atoms with Crippen LogP contribution in [0.1, 0.15) is 18.3 Å². The Morgan fingerprint density at radius 1 is 1.07 bits per heavy atom. The first kappa shape index (κ1) is 21.1. The highest BCUT2D eigenvalue weighted by Gasteiger charge is 2.08. The first-order valence-electron chi connectivity index (χ1n) is 9.63. The van der Waals surface area contributed by atoms with E-state index in [9.17, 15) is 0 Å². The fourth-order valence-corrected chi connectivity index (χ4v) is 3.23. The van der Waals surface area contributed by atoms with Crippen molar-refractivity contribution in [2.75, 3.05) is 24.5 Å². The van der Waals surface area contributed by atoms with Gasteiger partial charge in [0.1, 0.15) is 0 Å². The molecule has 7 nitrogen and oxygen atoms in total. The zero-order chi connectivity index (χ0) is 19.2. The normalized spacial score (nSPS) is 13.6. The predicted octanol–water partition coefficient (Wildman–Crippen LogP) is 2.98. The number of guanidine groups is 1. The lowest BCUT2D eigenvalue weighted by Crippen LogP contribution is -2.37. The van der Waals surface area contributed by atoms with Crippen LogP contribution >= 0.6 is 24.0 Å². The van der Waals surface area contributed by atoms with E-state index in [0.717, 1.165) is 37.1 Å². The number of benzene rings is 1. The number of aliphatic imine (C=N–C) groups is 1. The van der Waals surface area contributed by atoms with Gasteiger partial charge in [-0.1, -0.05) is 30.4 Å². The van der Waals surface area contributed by atoms with Crippen molar-refractivity contribution in [2.45, 2.75) is 20.0 Å². The number of hydrogen-bond acceptors (Lipinski definition) is 4. The van der Waals surface area contributed by atoms with Gasteiger partial charge in [0.2, 0.25) is 0 Å². The number of rotatable bonds is 6. The molecule has 0 saturated carbocycles. The monoisotopic (exact) mass is 503 g/mol. The number of hydrogen-bond donors (Lipinski definition) is 2. The lowest BCUT2D eigenvalue weighted by Gasteiger charge is -2.18. The zero-order valence-corrected chi connectivity index (χ0v) is 18.8. The lowest BCUT2D eigenvalue weighted by molar-refractivity contribution is 0.765. The van der Waals surface area contributed by atoms with E-state index < -0.39 is 0 Å². The molecule has 3 heterocycles. The fourth-order valence-electron chi connectivity index (χ4n) is 3.23. The van der Waals surface area contributed by atoms with Crippen LogP contribution in [0.25, 0.3) is 5.65 Å². The first-order chi connectivity index (χ1) is 13.8. The fraction of sp³-hybridized carbons (Fsp3) is 0.286. The van der Waals surface area contributed by atoms with Crippen molar-refractivity contribution in [2.24, 2.45) is 4.99 Å². The Labute approximate surface area is 188 Å². The Hall–Kier alpha value is -2.62. The maximum atomic E-state index is 4.73. The molecule has 0 spiro atoms. The number of nitrogens with zero attached hydrogens (tertiary/aromatic N) is 5. The smallest absolute Gasteiger partial charge is 0.191 e. The minimum atomic E-state index is 0. The molecular weight excluding hydrogens is 477 g/mol. The number of fused-ring (bicyclic) bond motifs is 1. The Balaban J connectivity index is 0.00000240. The summed E-state index contributed by atoms with van der Waals surface area (Å²) in [5.74, 6) is 1.62. The summed E-state index contributed by atoms with van der Waals surface area (Å²) in [6.07, 6.45) is 6.37. The van der Waals surface area contributed by atoms with E-state index in [2.05, 4.69) is 69.1 Å². The molecule has 8 heteroatoms. The van der Waals surface area contributed by atoms with Gasteiger partial charge in [0.15, 0.2) is 17.4 Å². The second kappa shape index (κ2) is 10.2. The molecule has 0 aliphatic carbocycles. The molecule has 0 unspecified atom stereocenters. The van der Waals surface area contributed by atoms with Crippen molar-refractivity contribution in [3.8, 4) is 0 Å². The summed E-state index contributed by atoms with van der Waals surface area (Å²) < 4.78 is 1.98. The van der Waals surface area contributed by atoms with Crippen LogP contribution in [0.4, 0.5) is 5.69 Å². The van der Waals surface area contributed by atoms with Crippen LogP contribution in [0.15, 0.2) is 65.8 Å². The number of nitrogens with one attached hydrogen (secondary N) is 2. The summed E-state index contributed by atoms with van der Waals surface area (Å²) in [6, 6.07) is 14.5. The maximum Gasteiger partial charge on any atom is 0.191 e. The van der Waals surface area contributed by atoms with Crippen LogP contribution in [0.5, 0.6) is 0 Å². The van der Waals surface area contributed by atoms with Crippen LogP contribution in [0.2, 0.25) is 0 Å². The summed E-state index contributed by atoms with van der Waals surface area (Å²) in [6.45, 7) is 5.98. The number of pyridine rings is 1. The van der Waals surface area contributed by atoms with Crippen LogP contribution in [-0.4, -0.2) is 40.2 Å². The maximum absolute atomic E-state index is 4.73. The second-order valence-corrected chi connectivity index (χ2v) is 6.64. The molecule has 1 aromatic carbocycles. The van der Waals surface area contributed by atoms with Crippen LogP contribution < -0.4 is 15.5 Å². The van der Waals surface area contributed by atoms with Crippen molar-refractivity contribution in [3.05, 3.63) is 72.2 Å². The Kier molecular flexibility index (Phi) is 7.45. The summed E-state index contributed by atoms with van der Waals surface area (Å²) in [4.78, 5) is 7.07. The standard InChI is InChI=1S/C21H25N7.HI/c1-2-22-21(24-16-20-26-25-19-10-3-4-13-28(19)20)23-15-17-8-7-9-18(14-17)27-11-5-6-12-27;/h3-10,13-14H,2,11-12,15-16H2,1H3,(H2,22,23,24);1H. The summed E-state index contributed by atoms with van der Waals surface area (Å²) in [5.41, 5.74) is 3.27. The van der Waals surface area contributed by atoms with Gasteiger partial charge in [0.05, 0.1) is 13.1 Å². The van der Waals surface area contributed by atoms with Gasteiger partial charge in [-0.3, -0.25) is 4.40 Å². The van der Waals surface area contributed by atoms with Gasteiger partial charge < -0.3 is 15.5 Å². The number of anilines is 1. The summed E-state index contributed by atoms with van der Waals surface area (Å²) in [7, 11) is 0. The Bertz CT molecular complexity index is 987. The average Bonchev–Trinajstić information content (AvgIpc) is 3.41. The van der Waals surface area contributed by atoms with Crippen LogP contribution in [0, 0.1) is 0 Å². The quantitative estimate of drug-likeness (QED) is 0.234. The third-order valence-corrected chi connectivity index (χ3v) is 4.66. The molecule has 0 atom stereocenters. The molecule has 29 heavy (non-hydrogen) atoms. The molecule has 0 bridgehead atoms. The highest BCUT2D eigenvalue weighted by atomic mass is 127. The largest absolute Gasteiger partial charge is 0.364 e. The van der Waals surface area contributed by atoms with E-state index in [1.807, 2.05) is 28.8 Å². The SMILES string of the molecule is CCNC(=NCc1cccc(N2CC=CC2)c1)NCc1nnc2ccccn12.I.